The molecule has 1 spiro atoms. The van der Waals surface area contributed by atoms with E-state index in [9.17, 15) is 14.4 Å². The molecule has 24 heavy (non-hydrogen) atoms. The Morgan fingerprint density at radius 2 is 2.08 bits per heavy atom. The Morgan fingerprint density at radius 1 is 1.38 bits per heavy atom. The van der Waals surface area contributed by atoms with Crippen molar-refractivity contribution in [3.63, 3.8) is 0 Å². The van der Waals surface area contributed by atoms with Gasteiger partial charge in [0.25, 0.3) is 5.91 Å². The molecular formula is C17H20ClN3O3. The molecular weight excluding hydrogens is 330 g/mol. The van der Waals surface area contributed by atoms with E-state index in [0.717, 1.165) is 23.3 Å². The van der Waals surface area contributed by atoms with Gasteiger partial charge in [0.2, 0.25) is 5.91 Å². The van der Waals surface area contributed by atoms with E-state index in [-0.39, 0.29) is 24.4 Å². The third kappa shape index (κ3) is 3.11. The molecule has 0 radical (unpaired) electrons. The number of amides is 4. The lowest BCUT2D eigenvalue weighted by Crippen LogP contribution is -2.45. The Kier molecular flexibility index (Phi) is 4.49. The third-order valence-corrected chi connectivity index (χ3v) is 4.97. The number of hydrogen-bond acceptors (Lipinski definition) is 3. The highest BCUT2D eigenvalue weighted by Gasteiger charge is 2.52. The van der Waals surface area contributed by atoms with Crippen molar-refractivity contribution in [2.75, 3.05) is 6.54 Å². The fourth-order valence-electron chi connectivity index (χ4n) is 3.43. The molecule has 2 N–H and O–H groups in total. The van der Waals surface area contributed by atoms with Gasteiger partial charge in [-0.05, 0) is 37.5 Å². The van der Waals surface area contributed by atoms with Crippen LogP contribution in [0.2, 0.25) is 5.02 Å². The van der Waals surface area contributed by atoms with E-state index in [0.29, 0.717) is 17.9 Å². The van der Waals surface area contributed by atoms with Crippen LogP contribution in [0, 0.1) is 0 Å². The minimum Gasteiger partial charge on any atom is -0.348 e. The number of rotatable bonds is 4. The molecule has 0 aromatic heterocycles. The van der Waals surface area contributed by atoms with Gasteiger partial charge in [0, 0.05) is 5.02 Å². The monoisotopic (exact) mass is 349 g/mol. The average Bonchev–Trinajstić information content (AvgIpc) is 3.09. The number of imide groups is 1. The summed E-state index contributed by atoms with van der Waals surface area (Å²) in [4.78, 5) is 37.9. The van der Waals surface area contributed by atoms with Crippen LogP contribution >= 0.6 is 11.6 Å². The Bertz CT molecular complexity index is 685. The fourth-order valence-corrected chi connectivity index (χ4v) is 3.63. The highest BCUT2D eigenvalue weighted by molar-refractivity contribution is 6.30. The van der Waals surface area contributed by atoms with Crippen LogP contribution in [0.1, 0.15) is 44.2 Å². The van der Waals surface area contributed by atoms with Crippen molar-refractivity contribution in [1.82, 2.24) is 15.5 Å². The van der Waals surface area contributed by atoms with Gasteiger partial charge in [-0.1, -0.05) is 36.6 Å². The van der Waals surface area contributed by atoms with Crippen molar-refractivity contribution in [3.8, 4) is 0 Å². The van der Waals surface area contributed by atoms with E-state index in [1.165, 1.54) is 0 Å². The Balaban J connectivity index is 1.62. The van der Waals surface area contributed by atoms with E-state index in [2.05, 4.69) is 10.6 Å². The minimum atomic E-state index is -0.782. The average molecular weight is 350 g/mol. The standard InChI is InChI=1S/C17H20ClN3O3/c1-11(12-5-4-6-13(18)9-12)19-14(22)10-21-15(23)17(20-16(21)24)7-2-3-8-17/h4-6,9,11H,2-3,7-8,10H2,1H3,(H,19,22)(H,20,24). The molecule has 1 aromatic rings. The third-order valence-electron chi connectivity index (χ3n) is 4.73. The molecule has 1 aliphatic heterocycles. The number of nitrogens with zero attached hydrogens (tertiary/aromatic N) is 1. The van der Waals surface area contributed by atoms with Crippen molar-refractivity contribution < 1.29 is 14.4 Å². The van der Waals surface area contributed by atoms with Gasteiger partial charge < -0.3 is 10.6 Å². The summed E-state index contributed by atoms with van der Waals surface area (Å²) < 4.78 is 0. The molecule has 1 saturated carbocycles. The Morgan fingerprint density at radius 3 is 2.75 bits per heavy atom. The van der Waals surface area contributed by atoms with Gasteiger partial charge in [0.05, 0.1) is 6.04 Å². The maximum Gasteiger partial charge on any atom is 0.325 e. The molecule has 0 bridgehead atoms. The molecule has 3 rings (SSSR count). The number of urea groups is 1. The van der Waals surface area contributed by atoms with Gasteiger partial charge in [-0.15, -0.1) is 0 Å². The molecule has 2 aliphatic rings. The maximum absolute atomic E-state index is 12.5. The number of hydrogen-bond donors (Lipinski definition) is 2. The zero-order valence-electron chi connectivity index (χ0n) is 13.5. The number of benzene rings is 1. The minimum absolute atomic E-state index is 0.266. The van der Waals surface area contributed by atoms with E-state index < -0.39 is 11.6 Å². The second-order valence-corrected chi connectivity index (χ2v) is 6.89. The molecule has 7 heteroatoms. The number of carbonyl (C=O) groups is 3. The van der Waals surface area contributed by atoms with E-state index in [4.69, 9.17) is 11.6 Å². The van der Waals surface area contributed by atoms with Crippen LogP contribution in [0.4, 0.5) is 4.79 Å². The van der Waals surface area contributed by atoms with Crippen LogP contribution in [0.15, 0.2) is 24.3 Å². The topological polar surface area (TPSA) is 78.5 Å². The van der Waals surface area contributed by atoms with Gasteiger partial charge in [-0.3, -0.25) is 14.5 Å². The maximum atomic E-state index is 12.5. The largest absolute Gasteiger partial charge is 0.348 e. The van der Waals surface area contributed by atoms with Crippen molar-refractivity contribution >= 4 is 29.4 Å². The SMILES string of the molecule is CC(NC(=O)CN1C(=O)NC2(CCCC2)C1=O)c1cccc(Cl)c1. The van der Waals surface area contributed by atoms with Gasteiger partial charge in [-0.25, -0.2) is 4.79 Å². The van der Waals surface area contributed by atoms with Crippen LogP contribution in [0.3, 0.4) is 0 Å². The number of halogens is 1. The summed E-state index contributed by atoms with van der Waals surface area (Å²) in [6, 6.07) is 6.45. The molecule has 1 aromatic carbocycles. The molecule has 128 valence electrons. The molecule has 6 nitrogen and oxygen atoms in total. The van der Waals surface area contributed by atoms with Crippen LogP contribution in [0.5, 0.6) is 0 Å². The first kappa shape index (κ1) is 16.8. The Hall–Kier alpha value is -2.08. The first-order valence-corrected chi connectivity index (χ1v) is 8.48. The summed E-state index contributed by atoms with van der Waals surface area (Å²) in [6.45, 7) is 1.56. The van der Waals surface area contributed by atoms with Gasteiger partial charge in [0.15, 0.2) is 0 Å². The first-order valence-electron chi connectivity index (χ1n) is 8.10. The van der Waals surface area contributed by atoms with Crippen molar-refractivity contribution in [2.45, 2.75) is 44.2 Å². The van der Waals surface area contributed by atoms with E-state index in [1.54, 1.807) is 12.1 Å². The quantitative estimate of drug-likeness (QED) is 0.819. The van der Waals surface area contributed by atoms with Gasteiger partial charge in [0.1, 0.15) is 12.1 Å². The second-order valence-electron chi connectivity index (χ2n) is 6.45. The lowest BCUT2D eigenvalue weighted by molar-refractivity contribution is -0.135. The molecule has 1 saturated heterocycles. The normalized spacial score (nSPS) is 20.3. The predicted molar refractivity (Wildman–Crippen MR) is 89.5 cm³/mol. The van der Waals surface area contributed by atoms with Crippen LogP contribution in [0.25, 0.3) is 0 Å². The summed E-state index contributed by atoms with van der Waals surface area (Å²) in [5, 5.41) is 6.15. The van der Waals surface area contributed by atoms with E-state index in [1.807, 2.05) is 19.1 Å². The zero-order chi connectivity index (χ0) is 17.3. The summed E-state index contributed by atoms with van der Waals surface area (Å²) in [7, 11) is 0. The van der Waals surface area contributed by atoms with Crippen molar-refractivity contribution in [1.29, 1.82) is 0 Å². The van der Waals surface area contributed by atoms with Crippen LogP contribution < -0.4 is 10.6 Å². The summed E-state index contributed by atoms with van der Waals surface area (Å²) in [5.74, 6) is -0.656. The van der Waals surface area contributed by atoms with Gasteiger partial charge >= 0.3 is 6.03 Å². The first-order chi connectivity index (χ1) is 11.4. The molecule has 2 fully saturated rings. The number of nitrogens with one attached hydrogen (secondary N) is 2. The number of carbonyl (C=O) groups excluding carboxylic acids is 3. The molecule has 1 atom stereocenters. The lowest BCUT2D eigenvalue weighted by Gasteiger charge is -2.20. The Labute approximate surface area is 145 Å². The summed E-state index contributed by atoms with van der Waals surface area (Å²) in [6.07, 6.45) is 3.12. The smallest absolute Gasteiger partial charge is 0.325 e. The fraction of sp³-hybridized carbons (Fsp3) is 0.471. The van der Waals surface area contributed by atoms with Crippen LogP contribution in [-0.4, -0.2) is 34.8 Å². The van der Waals surface area contributed by atoms with Gasteiger partial charge in [-0.2, -0.15) is 0 Å². The lowest BCUT2D eigenvalue weighted by atomic mass is 9.98. The van der Waals surface area contributed by atoms with Crippen LogP contribution in [-0.2, 0) is 9.59 Å². The zero-order valence-corrected chi connectivity index (χ0v) is 14.2. The molecule has 4 amide bonds. The van der Waals surface area contributed by atoms with Crippen molar-refractivity contribution in [2.24, 2.45) is 0 Å². The van der Waals surface area contributed by atoms with Crippen molar-refractivity contribution in [3.05, 3.63) is 34.9 Å². The van der Waals surface area contributed by atoms with E-state index >= 15 is 0 Å². The predicted octanol–water partition coefficient (Wildman–Crippen LogP) is 2.38. The second kappa shape index (κ2) is 6.43. The molecule has 1 heterocycles. The highest BCUT2D eigenvalue weighted by Crippen LogP contribution is 2.34. The summed E-state index contributed by atoms with van der Waals surface area (Å²) in [5.41, 5.74) is 0.0796. The molecule has 1 unspecified atom stereocenters. The summed E-state index contributed by atoms with van der Waals surface area (Å²) >= 11 is 5.95. The highest BCUT2D eigenvalue weighted by atomic mass is 35.5. The molecule has 1 aliphatic carbocycles.